The first kappa shape index (κ1) is 16.5. The molecule has 2 aromatic heterocycles. The molecule has 0 atom stereocenters. The number of para-hydroxylation sites is 1. The molecule has 3 aromatic rings. The first-order valence-electron chi connectivity index (χ1n) is 7.15. The molecular weight excluding hydrogens is 337 g/mol. The fraction of sp³-hybridized carbons (Fsp3) is 0.188. The quantitative estimate of drug-likeness (QED) is 0.693. The van der Waals surface area contributed by atoms with E-state index in [1.165, 1.54) is 0 Å². The third-order valence-electron chi connectivity index (χ3n) is 3.18. The summed E-state index contributed by atoms with van der Waals surface area (Å²) in [5, 5.41) is 3.74. The maximum Gasteiger partial charge on any atom is 0.441 e. The third-order valence-corrected chi connectivity index (χ3v) is 3.92. The van der Waals surface area contributed by atoms with Crippen molar-refractivity contribution in [1.29, 1.82) is 0 Å². The molecule has 0 aliphatic heterocycles. The van der Waals surface area contributed by atoms with Gasteiger partial charge in [-0.25, -0.2) is 9.97 Å². The number of aromatic nitrogens is 3. The van der Waals surface area contributed by atoms with Crippen LogP contribution in [-0.4, -0.2) is 32.8 Å². The molecule has 0 fully saturated rings. The lowest BCUT2D eigenvalue weighted by molar-refractivity contribution is -0.0327. The Kier molecular flexibility index (Phi) is 4.84. The molecule has 0 amide bonds. The highest BCUT2D eigenvalue weighted by molar-refractivity contribution is 8.00. The number of anilines is 1. The normalized spacial score (nSPS) is 11.6. The van der Waals surface area contributed by atoms with Gasteiger partial charge in [0.2, 0.25) is 0 Å². The van der Waals surface area contributed by atoms with Gasteiger partial charge in [-0.2, -0.15) is 13.2 Å². The van der Waals surface area contributed by atoms with Crippen LogP contribution in [0, 0.1) is 0 Å². The molecule has 0 radical (unpaired) electrons. The Labute approximate surface area is 140 Å². The highest BCUT2D eigenvalue weighted by atomic mass is 32.2. The van der Waals surface area contributed by atoms with Crippen molar-refractivity contribution in [2.45, 2.75) is 5.51 Å². The summed E-state index contributed by atoms with van der Waals surface area (Å²) in [5.41, 5.74) is -2.76. The zero-order valence-electron chi connectivity index (χ0n) is 12.4. The van der Waals surface area contributed by atoms with Gasteiger partial charge in [0.1, 0.15) is 5.82 Å². The molecule has 0 saturated heterocycles. The van der Waals surface area contributed by atoms with Gasteiger partial charge < -0.3 is 5.32 Å². The van der Waals surface area contributed by atoms with Crippen molar-refractivity contribution in [3.63, 3.8) is 0 Å². The van der Waals surface area contributed by atoms with E-state index in [4.69, 9.17) is 0 Å². The summed E-state index contributed by atoms with van der Waals surface area (Å²) < 4.78 is 36.7. The average molecular weight is 350 g/mol. The number of hydrogen-bond donors (Lipinski definition) is 1. The number of halogens is 3. The number of benzene rings is 1. The summed E-state index contributed by atoms with van der Waals surface area (Å²) in [6.07, 6.45) is 3.30. The molecule has 4 nitrogen and oxygen atoms in total. The molecule has 0 bridgehead atoms. The average Bonchev–Trinajstić information content (AvgIpc) is 2.58. The molecule has 124 valence electrons. The summed E-state index contributed by atoms with van der Waals surface area (Å²) in [7, 11) is 0. The lowest BCUT2D eigenvalue weighted by Gasteiger charge is -2.11. The van der Waals surface area contributed by atoms with Crippen LogP contribution in [0.2, 0.25) is 0 Å². The van der Waals surface area contributed by atoms with Crippen LogP contribution in [0.5, 0.6) is 0 Å². The van der Waals surface area contributed by atoms with Gasteiger partial charge in [0, 0.05) is 35.6 Å². The van der Waals surface area contributed by atoms with E-state index in [1.807, 2.05) is 30.3 Å². The molecule has 0 saturated carbocycles. The number of alkyl halides is 3. The SMILES string of the molecule is FC(F)(F)SCCNc1nc(-c2cccnc2)nc2ccccc12. The highest BCUT2D eigenvalue weighted by Gasteiger charge is 2.27. The largest absolute Gasteiger partial charge is 0.441 e. The first-order chi connectivity index (χ1) is 11.5. The van der Waals surface area contributed by atoms with Gasteiger partial charge in [-0.1, -0.05) is 12.1 Å². The maximum atomic E-state index is 12.2. The molecule has 0 spiro atoms. The van der Waals surface area contributed by atoms with E-state index in [1.54, 1.807) is 18.5 Å². The zero-order valence-corrected chi connectivity index (χ0v) is 13.2. The highest BCUT2D eigenvalue weighted by Crippen LogP contribution is 2.30. The van der Waals surface area contributed by atoms with Crippen molar-refractivity contribution >= 4 is 28.5 Å². The van der Waals surface area contributed by atoms with Gasteiger partial charge in [0.05, 0.1) is 5.52 Å². The molecule has 0 aliphatic rings. The molecule has 24 heavy (non-hydrogen) atoms. The molecular formula is C16H13F3N4S. The topological polar surface area (TPSA) is 50.7 Å². The van der Waals surface area contributed by atoms with E-state index in [9.17, 15) is 13.2 Å². The van der Waals surface area contributed by atoms with Crippen LogP contribution >= 0.6 is 11.8 Å². The van der Waals surface area contributed by atoms with Crippen LogP contribution in [0.4, 0.5) is 19.0 Å². The Hall–Kier alpha value is -2.35. The van der Waals surface area contributed by atoms with E-state index in [0.29, 0.717) is 11.6 Å². The number of pyridine rings is 1. The lowest BCUT2D eigenvalue weighted by atomic mass is 10.2. The number of thioether (sulfide) groups is 1. The van der Waals surface area contributed by atoms with Crippen molar-refractivity contribution in [3.05, 3.63) is 48.8 Å². The molecule has 1 aromatic carbocycles. The summed E-state index contributed by atoms with van der Waals surface area (Å²) in [6, 6.07) is 11.0. The number of nitrogens with zero attached hydrogens (tertiary/aromatic N) is 3. The maximum absolute atomic E-state index is 12.2. The molecule has 0 unspecified atom stereocenters. The van der Waals surface area contributed by atoms with Gasteiger partial charge in [-0.15, -0.1) is 0 Å². The fourth-order valence-corrected chi connectivity index (χ4v) is 2.61. The standard InChI is InChI=1S/C16H13F3N4S/c17-16(18,19)24-9-8-21-15-12-5-1-2-6-13(12)22-14(23-15)11-4-3-7-20-10-11/h1-7,10H,8-9H2,(H,21,22,23). The number of nitrogens with one attached hydrogen (secondary N) is 1. The Morgan fingerprint density at radius 2 is 1.88 bits per heavy atom. The van der Waals surface area contributed by atoms with Gasteiger partial charge in [0.25, 0.3) is 0 Å². The monoisotopic (exact) mass is 350 g/mol. The Bertz CT molecular complexity index is 824. The van der Waals surface area contributed by atoms with Crippen molar-refractivity contribution in [2.24, 2.45) is 0 Å². The Morgan fingerprint density at radius 1 is 1.04 bits per heavy atom. The predicted octanol–water partition coefficient (Wildman–Crippen LogP) is 4.36. The van der Waals surface area contributed by atoms with Crippen molar-refractivity contribution < 1.29 is 13.2 Å². The second kappa shape index (κ2) is 7.04. The van der Waals surface area contributed by atoms with E-state index >= 15 is 0 Å². The van der Waals surface area contributed by atoms with Gasteiger partial charge >= 0.3 is 5.51 Å². The molecule has 2 heterocycles. The van der Waals surface area contributed by atoms with Crippen molar-refractivity contribution in [1.82, 2.24) is 15.0 Å². The van der Waals surface area contributed by atoms with Crippen molar-refractivity contribution in [3.8, 4) is 11.4 Å². The van der Waals surface area contributed by atoms with Crippen LogP contribution in [0.25, 0.3) is 22.3 Å². The smallest absolute Gasteiger partial charge is 0.369 e. The third kappa shape index (κ3) is 4.14. The van der Waals surface area contributed by atoms with Crippen molar-refractivity contribution in [2.75, 3.05) is 17.6 Å². The van der Waals surface area contributed by atoms with Crippen LogP contribution in [0.3, 0.4) is 0 Å². The van der Waals surface area contributed by atoms with E-state index in [2.05, 4.69) is 20.3 Å². The number of fused-ring (bicyclic) bond motifs is 1. The number of rotatable bonds is 5. The van der Waals surface area contributed by atoms with Crippen LogP contribution < -0.4 is 5.32 Å². The Balaban J connectivity index is 1.88. The molecule has 3 rings (SSSR count). The van der Waals surface area contributed by atoms with E-state index < -0.39 is 5.51 Å². The molecule has 1 N–H and O–H groups in total. The first-order valence-corrected chi connectivity index (χ1v) is 8.13. The van der Waals surface area contributed by atoms with E-state index in [0.717, 1.165) is 16.5 Å². The van der Waals surface area contributed by atoms with Crippen LogP contribution in [-0.2, 0) is 0 Å². The molecule has 8 heteroatoms. The predicted molar refractivity (Wildman–Crippen MR) is 89.8 cm³/mol. The van der Waals surface area contributed by atoms with Gasteiger partial charge in [-0.3, -0.25) is 4.98 Å². The summed E-state index contributed by atoms with van der Waals surface area (Å²) in [5.74, 6) is 0.902. The second-order valence-corrected chi connectivity index (χ2v) is 6.04. The summed E-state index contributed by atoms with van der Waals surface area (Å²) >= 11 is -0.0571. The minimum atomic E-state index is -4.23. The lowest BCUT2D eigenvalue weighted by Crippen LogP contribution is -2.11. The zero-order chi connectivity index (χ0) is 17.0. The number of hydrogen-bond acceptors (Lipinski definition) is 5. The van der Waals surface area contributed by atoms with Crippen LogP contribution in [0.1, 0.15) is 0 Å². The van der Waals surface area contributed by atoms with Gasteiger partial charge in [0.15, 0.2) is 5.82 Å². The minimum Gasteiger partial charge on any atom is -0.369 e. The van der Waals surface area contributed by atoms with Crippen LogP contribution in [0.15, 0.2) is 48.8 Å². The minimum absolute atomic E-state index is 0.0571. The summed E-state index contributed by atoms with van der Waals surface area (Å²) in [4.78, 5) is 13.0. The Morgan fingerprint density at radius 3 is 2.62 bits per heavy atom. The summed E-state index contributed by atoms with van der Waals surface area (Å²) in [6.45, 7) is 0.150. The van der Waals surface area contributed by atoms with Gasteiger partial charge in [-0.05, 0) is 36.0 Å². The van der Waals surface area contributed by atoms with E-state index in [-0.39, 0.29) is 24.1 Å². The molecule has 0 aliphatic carbocycles. The fourth-order valence-electron chi connectivity index (χ4n) is 2.17. The second-order valence-electron chi connectivity index (χ2n) is 4.88.